The van der Waals surface area contributed by atoms with Crippen molar-refractivity contribution in [2.24, 2.45) is 5.92 Å². The zero-order valence-electron chi connectivity index (χ0n) is 10.4. The largest absolute Gasteiger partial charge is 0.388 e. The number of likely N-dealkylation sites (tertiary alicyclic amines) is 1. The van der Waals surface area contributed by atoms with E-state index in [1.54, 1.807) is 12.3 Å². The molecule has 1 amide bonds. The van der Waals surface area contributed by atoms with Crippen molar-refractivity contribution in [2.75, 3.05) is 25.5 Å². The van der Waals surface area contributed by atoms with Crippen molar-refractivity contribution in [1.29, 1.82) is 0 Å². The molecule has 1 aliphatic heterocycles. The van der Waals surface area contributed by atoms with Crippen molar-refractivity contribution in [1.82, 2.24) is 9.88 Å². The molecule has 2 heterocycles. The van der Waals surface area contributed by atoms with Crippen molar-refractivity contribution < 1.29 is 4.79 Å². The van der Waals surface area contributed by atoms with E-state index in [1.165, 1.54) is 0 Å². The third kappa shape index (κ3) is 2.75. The van der Waals surface area contributed by atoms with Crippen LogP contribution in [0.5, 0.6) is 0 Å². The second-order valence-electron chi connectivity index (χ2n) is 4.65. The van der Waals surface area contributed by atoms with E-state index in [1.807, 2.05) is 18.0 Å². The van der Waals surface area contributed by atoms with Crippen LogP contribution >= 0.6 is 0 Å². The van der Waals surface area contributed by atoms with Crippen LogP contribution in [0.4, 0.5) is 5.69 Å². The van der Waals surface area contributed by atoms with Gasteiger partial charge in [0.05, 0.1) is 0 Å². The molecule has 1 aromatic rings. The van der Waals surface area contributed by atoms with Crippen LogP contribution in [0.3, 0.4) is 0 Å². The van der Waals surface area contributed by atoms with E-state index >= 15 is 0 Å². The Labute approximate surface area is 102 Å². The smallest absolute Gasteiger partial charge is 0.272 e. The molecule has 1 aromatic heterocycles. The number of anilines is 1. The molecule has 4 nitrogen and oxygen atoms in total. The first-order valence-electron chi connectivity index (χ1n) is 6.14. The maximum atomic E-state index is 12.2. The molecule has 1 N–H and O–H groups in total. The van der Waals surface area contributed by atoms with Crippen molar-refractivity contribution in [3.63, 3.8) is 0 Å². The minimum atomic E-state index is 0.0500. The Morgan fingerprint density at radius 1 is 1.47 bits per heavy atom. The van der Waals surface area contributed by atoms with Gasteiger partial charge in [-0.1, -0.05) is 6.92 Å². The van der Waals surface area contributed by atoms with Crippen molar-refractivity contribution in [2.45, 2.75) is 19.8 Å². The molecular weight excluding hydrogens is 214 g/mol. The summed E-state index contributed by atoms with van der Waals surface area (Å²) in [6.07, 6.45) is 3.86. The van der Waals surface area contributed by atoms with Gasteiger partial charge in [0.2, 0.25) is 0 Å². The van der Waals surface area contributed by atoms with Crippen LogP contribution in [0, 0.1) is 5.92 Å². The number of nitrogens with zero attached hydrogens (tertiary/aromatic N) is 2. The number of aromatic nitrogens is 1. The topological polar surface area (TPSA) is 45.2 Å². The van der Waals surface area contributed by atoms with Gasteiger partial charge in [-0.3, -0.25) is 9.78 Å². The minimum absolute atomic E-state index is 0.0500. The monoisotopic (exact) mass is 233 g/mol. The summed E-state index contributed by atoms with van der Waals surface area (Å²) in [6, 6.07) is 3.66. The maximum Gasteiger partial charge on any atom is 0.272 e. The molecule has 4 heteroatoms. The molecule has 17 heavy (non-hydrogen) atoms. The number of carbonyl (C=O) groups is 1. The number of hydrogen-bond donors (Lipinski definition) is 1. The lowest BCUT2D eigenvalue weighted by Gasteiger charge is -2.30. The van der Waals surface area contributed by atoms with Gasteiger partial charge in [0.15, 0.2) is 0 Å². The molecule has 92 valence electrons. The molecule has 0 aliphatic carbocycles. The van der Waals surface area contributed by atoms with Gasteiger partial charge in [0.1, 0.15) is 5.69 Å². The van der Waals surface area contributed by atoms with Crippen LogP contribution in [0.15, 0.2) is 18.3 Å². The molecule has 1 fully saturated rings. The fourth-order valence-electron chi connectivity index (χ4n) is 2.08. The highest BCUT2D eigenvalue weighted by Gasteiger charge is 2.22. The summed E-state index contributed by atoms with van der Waals surface area (Å²) in [5.41, 5.74) is 1.46. The van der Waals surface area contributed by atoms with E-state index in [4.69, 9.17) is 0 Å². The highest BCUT2D eigenvalue weighted by molar-refractivity contribution is 5.93. The Bertz CT molecular complexity index is 397. The molecular formula is C13H19N3O. The van der Waals surface area contributed by atoms with E-state index < -0.39 is 0 Å². The summed E-state index contributed by atoms with van der Waals surface area (Å²) in [7, 11) is 1.84. The van der Waals surface area contributed by atoms with Gasteiger partial charge >= 0.3 is 0 Å². The Kier molecular flexibility index (Phi) is 3.61. The zero-order chi connectivity index (χ0) is 12.3. The Morgan fingerprint density at radius 2 is 2.18 bits per heavy atom. The highest BCUT2D eigenvalue weighted by Crippen LogP contribution is 2.18. The molecule has 0 unspecified atom stereocenters. The summed E-state index contributed by atoms with van der Waals surface area (Å²) >= 11 is 0. The summed E-state index contributed by atoms with van der Waals surface area (Å²) in [6.45, 7) is 3.94. The lowest BCUT2D eigenvalue weighted by Crippen LogP contribution is -2.38. The van der Waals surface area contributed by atoms with E-state index in [-0.39, 0.29) is 5.91 Å². The summed E-state index contributed by atoms with van der Waals surface area (Å²) in [5.74, 6) is 0.782. The van der Waals surface area contributed by atoms with Crippen molar-refractivity contribution in [3.8, 4) is 0 Å². The minimum Gasteiger partial charge on any atom is -0.388 e. The van der Waals surface area contributed by atoms with E-state index in [0.29, 0.717) is 5.69 Å². The quantitative estimate of drug-likeness (QED) is 0.849. The third-order valence-corrected chi connectivity index (χ3v) is 3.34. The van der Waals surface area contributed by atoms with Crippen LogP contribution in [-0.4, -0.2) is 35.9 Å². The number of carbonyl (C=O) groups excluding carboxylic acids is 1. The maximum absolute atomic E-state index is 12.2. The van der Waals surface area contributed by atoms with E-state index in [9.17, 15) is 4.79 Å². The molecule has 1 aliphatic rings. The van der Waals surface area contributed by atoms with Crippen LogP contribution in [0.2, 0.25) is 0 Å². The number of amides is 1. The average Bonchev–Trinajstić information content (AvgIpc) is 2.39. The number of nitrogens with one attached hydrogen (secondary N) is 1. The van der Waals surface area contributed by atoms with Crippen molar-refractivity contribution >= 4 is 11.6 Å². The van der Waals surface area contributed by atoms with Crippen LogP contribution in [-0.2, 0) is 0 Å². The van der Waals surface area contributed by atoms with Gasteiger partial charge in [-0.05, 0) is 30.9 Å². The molecule has 1 saturated heterocycles. The fraction of sp³-hybridized carbons (Fsp3) is 0.538. The predicted octanol–water partition coefficient (Wildman–Crippen LogP) is 2.00. The van der Waals surface area contributed by atoms with Crippen molar-refractivity contribution in [3.05, 3.63) is 24.0 Å². The fourth-order valence-corrected chi connectivity index (χ4v) is 2.08. The van der Waals surface area contributed by atoms with E-state index in [2.05, 4.69) is 17.2 Å². The van der Waals surface area contributed by atoms with Crippen LogP contribution < -0.4 is 5.32 Å². The molecule has 0 spiro atoms. The molecule has 0 bridgehead atoms. The second kappa shape index (κ2) is 5.17. The second-order valence-corrected chi connectivity index (χ2v) is 4.65. The first-order valence-corrected chi connectivity index (χ1v) is 6.14. The predicted molar refractivity (Wildman–Crippen MR) is 68.1 cm³/mol. The zero-order valence-corrected chi connectivity index (χ0v) is 10.4. The van der Waals surface area contributed by atoms with Gasteiger partial charge in [-0.2, -0.15) is 0 Å². The molecule has 0 radical (unpaired) electrons. The molecule has 0 atom stereocenters. The number of pyridine rings is 1. The Morgan fingerprint density at radius 3 is 2.82 bits per heavy atom. The van der Waals surface area contributed by atoms with Gasteiger partial charge in [0, 0.05) is 32.0 Å². The molecule has 2 rings (SSSR count). The van der Waals surface area contributed by atoms with Gasteiger partial charge in [0.25, 0.3) is 5.91 Å². The van der Waals surface area contributed by atoms with Gasteiger partial charge in [-0.15, -0.1) is 0 Å². The molecule has 0 aromatic carbocycles. The lowest BCUT2D eigenvalue weighted by molar-refractivity contribution is 0.0691. The normalized spacial score (nSPS) is 16.9. The first-order chi connectivity index (χ1) is 8.20. The Balaban J connectivity index is 2.08. The number of rotatable bonds is 2. The van der Waals surface area contributed by atoms with Crippen LogP contribution in [0.1, 0.15) is 30.3 Å². The van der Waals surface area contributed by atoms with E-state index in [0.717, 1.165) is 37.5 Å². The third-order valence-electron chi connectivity index (χ3n) is 3.34. The number of hydrogen-bond acceptors (Lipinski definition) is 3. The SMILES string of the molecule is CNc1ccnc(C(=O)N2CCC(C)CC2)c1. The average molecular weight is 233 g/mol. The lowest BCUT2D eigenvalue weighted by atomic mass is 9.99. The van der Waals surface area contributed by atoms with Gasteiger partial charge < -0.3 is 10.2 Å². The summed E-state index contributed by atoms with van der Waals surface area (Å²) in [5, 5.41) is 3.02. The summed E-state index contributed by atoms with van der Waals surface area (Å²) in [4.78, 5) is 18.3. The highest BCUT2D eigenvalue weighted by atomic mass is 16.2. The Hall–Kier alpha value is -1.58. The van der Waals surface area contributed by atoms with Gasteiger partial charge in [-0.25, -0.2) is 0 Å². The van der Waals surface area contributed by atoms with Crippen LogP contribution in [0.25, 0.3) is 0 Å². The number of piperidine rings is 1. The standard InChI is InChI=1S/C13H19N3O/c1-10-4-7-16(8-5-10)13(17)12-9-11(14-2)3-6-15-12/h3,6,9-10H,4-5,7-8H2,1-2H3,(H,14,15). The summed E-state index contributed by atoms with van der Waals surface area (Å²) < 4.78 is 0. The first kappa shape index (κ1) is 11.9. The molecule has 0 saturated carbocycles.